The molecule has 0 saturated carbocycles. The molecule has 0 aromatic heterocycles. The van der Waals surface area contributed by atoms with Crippen LogP contribution in [0.4, 0.5) is 0 Å². The minimum Gasteiger partial charge on any atom is -0.480 e. The van der Waals surface area contributed by atoms with E-state index in [1.165, 1.54) is 36.5 Å². The van der Waals surface area contributed by atoms with Crippen molar-refractivity contribution in [2.45, 2.75) is 66.3 Å². The van der Waals surface area contributed by atoms with Crippen LogP contribution in [0.25, 0.3) is 0 Å². The summed E-state index contributed by atoms with van der Waals surface area (Å²) in [7, 11) is 0. The summed E-state index contributed by atoms with van der Waals surface area (Å²) in [5, 5.41) is 12.0. The summed E-state index contributed by atoms with van der Waals surface area (Å²) in [6.45, 7) is 10.7. The number of benzene rings is 1. The first-order chi connectivity index (χ1) is 15.6. The van der Waals surface area contributed by atoms with Gasteiger partial charge in [-0.1, -0.05) is 85.7 Å². The molecule has 4 heteroatoms. The number of hydrogen-bond donors (Lipinski definition) is 2. The van der Waals surface area contributed by atoms with Crippen molar-refractivity contribution in [1.82, 2.24) is 5.32 Å². The summed E-state index contributed by atoms with van der Waals surface area (Å²) in [6, 6.07) is 8.30. The lowest BCUT2D eigenvalue weighted by Gasteiger charge is -2.32. The van der Waals surface area contributed by atoms with Gasteiger partial charge in [0.15, 0.2) is 0 Å². The van der Waals surface area contributed by atoms with Gasteiger partial charge in [0.05, 0.1) is 0 Å². The Kier molecular flexibility index (Phi) is 9.65. The lowest BCUT2D eigenvalue weighted by atomic mass is 9.72. The molecule has 1 amide bonds. The quantitative estimate of drug-likeness (QED) is 0.343. The first-order valence-corrected chi connectivity index (χ1v) is 11.6. The molecule has 0 bridgehead atoms. The Labute approximate surface area is 198 Å². The van der Waals surface area contributed by atoms with Crippen molar-refractivity contribution in [2.24, 2.45) is 5.41 Å². The van der Waals surface area contributed by atoms with E-state index in [2.05, 4.69) is 45.2 Å². The fourth-order valence-electron chi connectivity index (χ4n) is 4.15. The van der Waals surface area contributed by atoms with Crippen molar-refractivity contribution < 1.29 is 14.7 Å². The zero-order valence-corrected chi connectivity index (χ0v) is 20.5. The molecule has 1 aromatic carbocycles. The average Bonchev–Trinajstić information content (AvgIpc) is 2.73. The lowest BCUT2D eigenvalue weighted by molar-refractivity contribution is -0.141. The van der Waals surface area contributed by atoms with Gasteiger partial charge in [0.1, 0.15) is 6.04 Å². The van der Waals surface area contributed by atoms with Gasteiger partial charge < -0.3 is 10.4 Å². The Hall–Kier alpha value is -3.14. The van der Waals surface area contributed by atoms with E-state index in [4.69, 9.17) is 0 Å². The summed E-state index contributed by atoms with van der Waals surface area (Å²) in [4.78, 5) is 23.8. The number of hydrogen-bond acceptors (Lipinski definition) is 2. The average molecular weight is 448 g/mol. The Bertz CT molecular complexity index is 991. The highest BCUT2D eigenvalue weighted by Crippen LogP contribution is 2.40. The zero-order valence-electron chi connectivity index (χ0n) is 20.5. The Morgan fingerprint density at radius 3 is 2.45 bits per heavy atom. The third-order valence-corrected chi connectivity index (χ3v) is 6.03. The van der Waals surface area contributed by atoms with E-state index in [0.717, 1.165) is 16.7 Å². The second kappa shape index (κ2) is 12.2. The highest BCUT2D eigenvalue weighted by molar-refractivity contribution is 5.92. The Balaban J connectivity index is 1.96. The minimum atomic E-state index is -1.05. The summed E-state index contributed by atoms with van der Waals surface area (Å²) in [5.41, 5.74) is 5.86. The summed E-state index contributed by atoms with van der Waals surface area (Å²) < 4.78 is 0. The molecular weight excluding hydrogens is 410 g/mol. The number of carboxylic acid groups (broad SMARTS) is 1. The van der Waals surface area contributed by atoms with Crippen LogP contribution in [0.3, 0.4) is 0 Å². The zero-order chi connectivity index (χ0) is 24.4. The number of carbonyl (C=O) groups is 2. The molecule has 4 nitrogen and oxygen atoms in total. The summed E-state index contributed by atoms with van der Waals surface area (Å²) in [5.74, 6) is -1.46. The third-order valence-electron chi connectivity index (χ3n) is 6.03. The van der Waals surface area contributed by atoms with Crippen LogP contribution in [0.15, 0.2) is 89.1 Å². The SMILES string of the molecule is CC1=C(/C=C/C(C)=C/C=C/C(C)=C\C(=O)NC(Cc2ccccc2)C(=O)O)C(C)(C)CCC1. The van der Waals surface area contributed by atoms with Crippen LogP contribution >= 0.6 is 0 Å². The first kappa shape index (κ1) is 26.1. The molecule has 176 valence electrons. The molecule has 0 aliphatic heterocycles. The van der Waals surface area contributed by atoms with Crippen molar-refractivity contribution in [3.8, 4) is 0 Å². The normalized spacial score (nSPS) is 18.1. The standard InChI is InChI=1S/C29H37NO3/c1-21(16-17-25-23(3)13-10-18-29(25,4)5)11-9-12-22(2)19-27(31)30-26(28(32)33)20-24-14-7-6-8-15-24/h6-9,11-12,14-17,19,26H,10,13,18,20H2,1-5H3,(H,30,31)(H,32,33)/b12-9+,17-16+,21-11+,22-19-. The fraction of sp³-hybridized carbons (Fsp3) is 0.379. The molecule has 1 unspecified atom stereocenters. The maximum absolute atomic E-state index is 12.3. The van der Waals surface area contributed by atoms with Crippen LogP contribution in [0.1, 0.15) is 59.4 Å². The molecule has 0 radical (unpaired) electrons. The number of aliphatic carboxylic acids is 1. The van der Waals surface area contributed by atoms with E-state index in [1.807, 2.05) is 55.5 Å². The number of carboxylic acids is 1. The number of amides is 1. The van der Waals surface area contributed by atoms with Crippen molar-refractivity contribution in [1.29, 1.82) is 0 Å². The number of rotatable bonds is 9. The van der Waals surface area contributed by atoms with E-state index in [1.54, 1.807) is 0 Å². The predicted octanol–water partition coefficient (Wildman–Crippen LogP) is 6.33. The van der Waals surface area contributed by atoms with E-state index >= 15 is 0 Å². The van der Waals surface area contributed by atoms with Gasteiger partial charge in [-0.25, -0.2) is 4.79 Å². The van der Waals surface area contributed by atoms with Crippen molar-refractivity contribution in [2.75, 3.05) is 0 Å². The third kappa shape index (κ3) is 8.72. The fourth-order valence-corrected chi connectivity index (χ4v) is 4.15. The van der Waals surface area contributed by atoms with Crippen LogP contribution in [-0.2, 0) is 16.0 Å². The van der Waals surface area contributed by atoms with Crippen LogP contribution in [0.5, 0.6) is 0 Å². The molecule has 0 heterocycles. The van der Waals surface area contributed by atoms with Gasteiger partial charge >= 0.3 is 5.97 Å². The number of nitrogens with one attached hydrogen (secondary N) is 1. The van der Waals surface area contributed by atoms with Crippen molar-refractivity contribution in [3.05, 3.63) is 94.6 Å². The molecule has 2 N–H and O–H groups in total. The smallest absolute Gasteiger partial charge is 0.326 e. The molecular formula is C29H37NO3. The van der Waals surface area contributed by atoms with Gasteiger partial charge in [0, 0.05) is 12.5 Å². The van der Waals surface area contributed by atoms with E-state index in [9.17, 15) is 14.7 Å². The maximum atomic E-state index is 12.3. The molecule has 0 spiro atoms. The predicted molar refractivity (Wildman–Crippen MR) is 136 cm³/mol. The molecule has 1 aliphatic rings. The van der Waals surface area contributed by atoms with Gasteiger partial charge in [-0.05, 0) is 62.2 Å². The van der Waals surface area contributed by atoms with Gasteiger partial charge in [-0.2, -0.15) is 0 Å². The van der Waals surface area contributed by atoms with E-state index in [0.29, 0.717) is 0 Å². The maximum Gasteiger partial charge on any atom is 0.326 e. The van der Waals surface area contributed by atoms with Crippen LogP contribution in [0.2, 0.25) is 0 Å². The van der Waals surface area contributed by atoms with Crippen LogP contribution in [-0.4, -0.2) is 23.0 Å². The van der Waals surface area contributed by atoms with Gasteiger partial charge in [-0.3, -0.25) is 4.79 Å². The largest absolute Gasteiger partial charge is 0.480 e. The minimum absolute atomic E-state index is 0.218. The Morgan fingerprint density at radius 2 is 1.82 bits per heavy atom. The first-order valence-electron chi connectivity index (χ1n) is 11.6. The van der Waals surface area contributed by atoms with Gasteiger partial charge in [-0.15, -0.1) is 0 Å². The van der Waals surface area contributed by atoms with Crippen LogP contribution in [0, 0.1) is 5.41 Å². The summed E-state index contributed by atoms with van der Waals surface area (Å²) >= 11 is 0. The van der Waals surface area contributed by atoms with Crippen molar-refractivity contribution in [3.63, 3.8) is 0 Å². The van der Waals surface area contributed by atoms with E-state index < -0.39 is 17.9 Å². The molecule has 0 saturated heterocycles. The Morgan fingerprint density at radius 1 is 1.12 bits per heavy atom. The second-order valence-electron chi connectivity index (χ2n) is 9.51. The van der Waals surface area contributed by atoms with Gasteiger partial charge in [0.2, 0.25) is 5.91 Å². The van der Waals surface area contributed by atoms with Gasteiger partial charge in [0.25, 0.3) is 0 Å². The van der Waals surface area contributed by atoms with E-state index in [-0.39, 0.29) is 11.8 Å². The summed E-state index contributed by atoms with van der Waals surface area (Å²) in [6.07, 6.45) is 15.5. The monoisotopic (exact) mass is 447 g/mol. The molecule has 2 rings (SSSR count). The molecule has 1 aliphatic carbocycles. The lowest BCUT2D eigenvalue weighted by Crippen LogP contribution is -2.41. The molecule has 1 atom stereocenters. The van der Waals surface area contributed by atoms with Crippen LogP contribution < -0.4 is 5.32 Å². The topological polar surface area (TPSA) is 66.4 Å². The van der Waals surface area contributed by atoms with Crippen molar-refractivity contribution >= 4 is 11.9 Å². The second-order valence-corrected chi connectivity index (χ2v) is 9.51. The highest BCUT2D eigenvalue weighted by atomic mass is 16.4. The molecule has 33 heavy (non-hydrogen) atoms. The molecule has 1 aromatic rings. The molecule has 0 fully saturated rings. The number of carbonyl (C=O) groups excluding carboxylic acids is 1. The number of allylic oxidation sites excluding steroid dienone is 9. The highest BCUT2D eigenvalue weighted by Gasteiger charge is 2.26.